The number of piperidine rings is 1. The van der Waals surface area contributed by atoms with Gasteiger partial charge in [0.1, 0.15) is 5.82 Å². The summed E-state index contributed by atoms with van der Waals surface area (Å²) in [7, 11) is 0. The maximum Gasteiger partial charge on any atom is 0.248 e. The minimum Gasteiger partial charge on any atom is -0.366 e. The molecule has 1 unspecified atom stereocenters. The lowest BCUT2D eigenvalue weighted by Gasteiger charge is -2.32. The first kappa shape index (κ1) is 14.3. The Morgan fingerprint density at radius 1 is 1.33 bits per heavy atom. The molecule has 1 saturated heterocycles. The van der Waals surface area contributed by atoms with E-state index in [1.807, 2.05) is 0 Å². The quantitative estimate of drug-likeness (QED) is 0.873. The van der Waals surface area contributed by atoms with Crippen molar-refractivity contribution >= 4 is 11.6 Å². The van der Waals surface area contributed by atoms with E-state index in [4.69, 9.17) is 5.73 Å². The monoisotopic (exact) mass is 291 g/mol. The lowest BCUT2D eigenvalue weighted by atomic mass is 10.0. The second-order valence-electron chi connectivity index (χ2n) is 6.06. The molecule has 1 heterocycles. The van der Waals surface area contributed by atoms with Crippen molar-refractivity contribution in [1.29, 1.82) is 0 Å². The molecule has 3 N–H and O–H groups in total. The van der Waals surface area contributed by atoms with E-state index in [2.05, 4.69) is 10.2 Å². The highest BCUT2D eigenvalue weighted by molar-refractivity contribution is 5.93. The smallest absolute Gasteiger partial charge is 0.248 e. The Kier molecular flexibility index (Phi) is 4.10. The fraction of sp³-hybridized carbons (Fsp3) is 0.562. The third-order valence-corrected chi connectivity index (χ3v) is 4.36. The normalized spacial score (nSPS) is 22.0. The number of primary amides is 1. The van der Waals surface area contributed by atoms with Crippen LogP contribution in [0.15, 0.2) is 18.2 Å². The average molecular weight is 291 g/mol. The summed E-state index contributed by atoms with van der Waals surface area (Å²) < 4.78 is 14.3. The first-order valence-electron chi connectivity index (χ1n) is 7.74. The lowest BCUT2D eigenvalue weighted by Crippen LogP contribution is -2.44. The third-order valence-electron chi connectivity index (χ3n) is 4.36. The molecule has 0 spiro atoms. The van der Waals surface area contributed by atoms with Gasteiger partial charge in [0.25, 0.3) is 0 Å². The van der Waals surface area contributed by atoms with Crippen molar-refractivity contribution in [1.82, 2.24) is 5.32 Å². The highest BCUT2D eigenvalue weighted by Gasteiger charge is 2.32. The van der Waals surface area contributed by atoms with Gasteiger partial charge < -0.3 is 16.0 Å². The number of hydrogen-bond acceptors (Lipinski definition) is 3. The number of amides is 1. The summed E-state index contributed by atoms with van der Waals surface area (Å²) in [6, 6.07) is 5.42. The van der Waals surface area contributed by atoms with Crippen LogP contribution < -0.4 is 16.0 Å². The van der Waals surface area contributed by atoms with Crippen molar-refractivity contribution in [3.8, 4) is 0 Å². The van der Waals surface area contributed by atoms with Crippen molar-refractivity contribution in [2.45, 2.75) is 44.2 Å². The molecule has 1 aliphatic carbocycles. The van der Waals surface area contributed by atoms with E-state index in [1.165, 1.54) is 18.9 Å². The number of hydrogen-bond donors (Lipinski definition) is 2. The molecule has 1 aromatic carbocycles. The first-order chi connectivity index (χ1) is 10.1. The zero-order chi connectivity index (χ0) is 14.8. The molecular weight excluding hydrogens is 269 g/mol. The molecule has 2 fully saturated rings. The Labute approximate surface area is 124 Å². The van der Waals surface area contributed by atoms with Crippen LogP contribution >= 0.6 is 0 Å². The number of carbonyl (C=O) groups excluding carboxylic acids is 1. The Balaban J connectivity index is 1.78. The predicted octanol–water partition coefficient (Wildman–Crippen LogP) is 2.04. The lowest BCUT2D eigenvalue weighted by molar-refractivity contribution is 0.1000. The highest BCUT2D eigenvalue weighted by atomic mass is 19.1. The summed E-state index contributed by atoms with van der Waals surface area (Å²) in [4.78, 5) is 13.3. The Morgan fingerprint density at radius 2 is 2.14 bits per heavy atom. The fourth-order valence-corrected chi connectivity index (χ4v) is 3.04. The Morgan fingerprint density at radius 3 is 2.71 bits per heavy atom. The van der Waals surface area contributed by atoms with E-state index >= 15 is 0 Å². The van der Waals surface area contributed by atoms with Crippen LogP contribution in [0.5, 0.6) is 0 Å². The van der Waals surface area contributed by atoms with Crippen molar-refractivity contribution in [2.75, 3.05) is 18.0 Å². The standard InChI is InChI=1S/C16H22FN3O/c17-14-9-11(16(18)21)4-7-15(14)20(13-5-6-13)10-12-3-1-2-8-19-12/h4,7,9,12-13,19H,1-3,5-6,8,10H2,(H2,18,21). The van der Waals surface area contributed by atoms with Gasteiger partial charge in [0.15, 0.2) is 0 Å². The number of anilines is 1. The summed E-state index contributed by atoms with van der Waals surface area (Å²) in [5.74, 6) is -0.943. The molecule has 1 aliphatic heterocycles. The van der Waals surface area contributed by atoms with Crippen molar-refractivity contribution in [3.05, 3.63) is 29.6 Å². The molecule has 4 nitrogen and oxygen atoms in total. The number of nitrogens with one attached hydrogen (secondary N) is 1. The number of nitrogens with zero attached hydrogens (tertiary/aromatic N) is 1. The van der Waals surface area contributed by atoms with Crippen LogP contribution in [0.25, 0.3) is 0 Å². The molecule has 1 amide bonds. The molecule has 0 bridgehead atoms. The first-order valence-corrected chi connectivity index (χ1v) is 7.74. The van der Waals surface area contributed by atoms with E-state index in [0.29, 0.717) is 17.8 Å². The van der Waals surface area contributed by atoms with Crippen LogP contribution in [-0.2, 0) is 0 Å². The Bertz CT molecular complexity index is 524. The van der Waals surface area contributed by atoms with E-state index in [1.54, 1.807) is 12.1 Å². The van der Waals surface area contributed by atoms with Gasteiger partial charge in [0.2, 0.25) is 5.91 Å². The maximum atomic E-state index is 14.3. The molecule has 2 aliphatic rings. The summed E-state index contributed by atoms with van der Waals surface area (Å²) in [6.45, 7) is 1.88. The number of benzene rings is 1. The van der Waals surface area contributed by atoms with Gasteiger partial charge in [-0.2, -0.15) is 0 Å². The van der Waals surface area contributed by atoms with Gasteiger partial charge in [-0.25, -0.2) is 4.39 Å². The molecule has 3 rings (SSSR count). The van der Waals surface area contributed by atoms with Crippen LogP contribution in [0.4, 0.5) is 10.1 Å². The fourth-order valence-electron chi connectivity index (χ4n) is 3.04. The molecule has 21 heavy (non-hydrogen) atoms. The van der Waals surface area contributed by atoms with Crippen LogP contribution in [0.1, 0.15) is 42.5 Å². The van der Waals surface area contributed by atoms with Gasteiger partial charge in [-0.3, -0.25) is 4.79 Å². The molecule has 5 heteroatoms. The summed E-state index contributed by atoms with van der Waals surface area (Å²) in [5, 5.41) is 3.51. The van der Waals surface area contributed by atoms with Gasteiger partial charge >= 0.3 is 0 Å². The van der Waals surface area contributed by atoms with Crippen molar-refractivity contribution < 1.29 is 9.18 Å². The molecule has 1 atom stereocenters. The topological polar surface area (TPSA) is 58.4 Å². The second kappa shape index (κ2) is 6.02. The summed E-state index contributed by atoms with van der Waals surface area (Å²) in [5.41, 5.74) is 6.02. The number of nitrogens with two attached hydrogens (primary N) is 1. The zero-order valence-corrected chi connectivity index (χ0v) is 12.1. The van der Waals surface area contributed by atoms with Gasteiger partial charge in [-0.05, 0) is 50.4 Å². The molecule has 0 radical (unpaired) electrons. The minimum atomic E-state index is -0.590. The summed E-state index contributed by atoms with van der Waals surface area (Å²) >= 11 is 0. The van der Waals surface area contributed by atoms with Gasteiger partial charge in [0, 0.05) is 24.2 Å². The second-order valence-corrected chi connectivity index (χ2v) is 6.06. The van der Waals surface area contributed by atoms with E-state index in [9.17, 15) is 9.18 Å². The third kappa shape index (κ3) is 3.35. The molecule has 1 aromatic rings. The van der Waals surface area contributed by atoms with Crippen LogP contribution in [-0.4, -0.2) is 31.1 Å². The van der Waals surface area contributed by atoms with Crippen LogP contribution in [0, 0.1) is 5.82 Å². The maximum absolute atomic E-state index is 14.3. The van der Waals surface area contributed by atoms with Gasteiger partial charge in [-0.1, -0.05) is 6.42 Å². The number of carbonyl (C=O) groups is 1. The summed E-state index contributed by atoms with van der Waals surface area (Å²) in [6.07, 6.45) is 5.83. The largest absolute Gasteiger partial charge is 0.366 e. The van der Waals surface area contributed by atoms with E-state index in [0.717, 1.165) is 32.4 Å². The van der Waals surface area contributed by atoms with E-state index < -0.39 is 5.91 Å². The molecule has 114 valence electrons. The number of rotatable bonds is 5. The van der Waals surface area contributed by atoms with Crippen LogP contribution in [0.3, 0.4) is 0 Å². The van der Waals surface area contributed by atoms with Crippen molar-refractivity contribution in [3.63, 3.8) is 0 Å². The Hall–Kier alpha value is -1.62. The van der Waals surface area contributed by atoms with Gasteiger partial charge in [0.05, 0.1) is 5.69 Å². The van der Waals surface area contributed by atoms with Crippen molar-refractivity contribution in [2.24, 2.45) is 5.73 Å². The highest BCUT2D eigenvalue weighted by Crippen LogP contribution is 2.34. The SMILES string of the molecule is NC(=O)c1ccc(N(CC2CCCCN2)C2CC2)c(F)c1. The molecular formula is C16H22FN3O. The predicted molar refractivity (Wildman–Crippen MR) is 80.9 cm³/mol. The van der Waals surface area contributed by atoms with Gasteiger partial charge in [-0.15, -0.1) is 0 Å². The average Bonchev–Trinajstić information content (AvgIpc) is 3.31. The zero-order valence-electron chi connectivity index (χ0n) is 12.1. The molecule has 1 saturated carbocycles. The molecule has 0 aromatic heterocycles. The van der Waals surface area contributed by atoms with E-state index in [-0.39, 0.29) is 11.4 Å². The minimum absolute atomic E-state index is 0.225. The number of halogens is 1. The van der Waals surface area contributed by atoms with Crippen LogP contribution in [0.2, 0.25) is 0 Å².